The van der Waals surface area contributed by atoms with Gasteiger partial charge in [0.25, 0.3) is 5.91 Å². The summed E-state index contributed by atoms with van der Waals surface area (Å²) in [6.07, 6.45) is 1.80. The molecule has 1 atom stereocenters. The minimum atomic E-state index is -0.930. The van der Waals surface area contributed by atoms with Crippen molar-refractivity contribution in [3.63, 3.8) is 0 Å². The molecule has 0 heterocycles. The maximum Gasteiger partial charge on any atom is 0.305 e. The number of hydrogen-bond donors (Lipinski definition) is 3. The van der Waals surface area contributed by atoms with Crippen LogP contribution in [0.5, 0.6) is 5.75 Å². The first-order chi connectivity index (χ1) is 8.97. The van der Waals surface area contributed by atoms with Gasteiger partial charge < -0.3 is 15.5 Å². The monoisotopic (exact) mass is 283 g/mol. The molecule has 3 N–H and O–H groups in total. The number of benzene rings is 1. The molecule has 0 spiro atoms. The summed E-state index contributed by atoms with van der Waals surface area (Å²) in [6, 6.07) is 3.79. The van der Waals surface area contributed by atoms with Crippen LogP contribution in [0.15, 0.2) is 18.2 Å². The molecule has 1 aromatic carbocycles. The molecule has 102 valence electrons. The Kier molecular flexibility index (Phi) is 3.95. The lowest BCUT2D eigenvalue weighted by molar-refractivity contribution is -0.137. The van der Waals surface area contributed by atoms with Gasteiger partial charge in [-0.25, -0.2) is 0 Å². The number of phenolic OH excluding ortho intramolecular Hbond substituents is 1. The average molecular weight is 284 g/mol. The van der Waals surface area contributed by atoms with E-state index in [4.69, 9.17) is 16.7 Å². The first kappa shape index (κ1) is 13.7. The van der Waals surface area contributed by atoms with E-state index in [1.54, 1.807) is 0 Å². The van der Waals surface area contributed by atoms with Crippen LogP contribution in [0.2, 0.25) is 5.02 Å². The van der Waals surface area contributed by atoms with Crippen LogP contribution in [0.1, 0.15) is 29.6 Å². The zero-order chi connectivity index (χ0) is 14.0. The lowest BCUT2D eigenvalue weighted by Crippen LogP contribution is -2.38. The molecule has 5 nitrogen and oxygen atoms in total. The largest absolute Gasteiger partial charge is 0.506 e. The van der Waals surface area contributed by atoms with Crippen LogP contribution in [0.3, 0.4) is 0 Å². The minimum absolute atomic E-state index is 0.0811. The van der Waals surface area contributed by atoms with Gasteiger partial charge in [-0.1, -0.05) is 11.6 Å². The Morgan fingerprint density at radius 3 is 2.63 bits per heavy atom. The number of carboxylic acid groups (broad SMARTS) is 1. The highest BCUT2D eigenvalue weighted by molar-refractivity contribution is 6.32. The molecule has 1 saturated carbocycles. The lowest BCUT2D eigenvalue weighted by Gasteiger charge is -2.16. The molecule has 1 aromatic rings. The summed E-state index contributed by atoms with van der Waals surface area (Å²) < 4.78 is 0. The fourth-order valence-electron chi connectivity index (χ4n) is 1.92. The highest BCUT2D eigenvalue weighted by Crippen LogP contribution is 2.34. The van der Waals surface area contributed by atoms with Crippen LogP contribution >= 0.6 is 11.6 Å². The van der Waals surface area contributed by atoms with Crippen LogP contribution in [-0.2, 0) is 4.79 Å². The van der Waals surface area contributed by atoms with Gasteiger partial charge >= 0.3 is 5.97 Å². The second-order valence-electron chi connectivity index (χ2n) is 4.68. The quantitative estimate of drug-likeness (QED) is 0.772. The zero-order valence-corrected chi connectivity index (χ0v) is 10.9. The third-order valence-electron chi connectivity index (χ3n) is 3.11. The van der Waals surface area contributed by atoms with Crippen LogP contribution in [-0.4, -0.2) is 28.1 Å². The maximum absolute atomic E-state index is 12.0. The normalized spacial score (nSPS) is 15.8. The van der Waals surface area contributed by atoms with Crippen molar-refractivity contribution in [2.75, 3.05) is 0 Å². The van der Waals surface area contributed by atoms with E-state index in [1.165, 1.54) is 18.2 Å². The summed E-state index contributed by atoms with van der Waals surface area (Å²) in [5, 5.41) is 20.9. The van der Waals surface area contributed by atoms with E-state index in [1.807, 2.05) is 0 Å². The number of carboxylic acids is 1. The van der Waals surface area contributed by atoms with Gasteiger partial charge in [0.05, 0.1) is 11.4 Å². The topological polar surface area (TPSA) is 86.6 Å². The summed E-state index contributed by atoms with van der Waals surface area (Å²) in [4.78, 5) is 22.7. The third kappa shape index (κ3) is 3.61. The van der Waals surface area contributed by atoms with Gasteiger partial charge in [0.2, 0.25) is 0 Å². The van der Waals surface area contributed by atoms with E-state index in [9.17, 15) is 14.7 Å². The second kappa shape index (κ2) is 5.48. The third-order valence-corrected chi connectivity index (χ3v) is 3.41. The molecule has 1 unspecified atom stereocenters. The molecule has 1 aliphatic rings. The van der Waals surface area contributed by atoms with Gasteiger partial charge in [-0.2, -0.15) is 0 Å². The fourth-order valence-corrected chi connectivity index (χ4v) is 2.10. The number of rotatable bonds is 5. The maximum atomic E-state index is 12.0. The Hall–Kier alpha value is -1.75. The molecule has 19 heavy (non-hydrogen) atoms. The van der Waals surface area contributed by atoms with Gasteiger partial charge in [-0.15, -0.1) is 0 Å². The predicted octanol–water partition coefficient (Wildman–Crippen LogP) is 2.03. The SMILES string of the molecule is O=C(O)CC(NC(=O)c1ccc(O)c(Cl)c1)C1CC1. The Balaban J connectivity index is 2.05. The zero-order valence-electron chi connectivity index (χ0n) is 10.1. The second-order valence-corrected chi connectivity index (χ2v) is 5.09. The highest BCUT2D eigenvalue weighted by Gasteiger charge is 2.33. The number of aromatic hydroxyl groups is 1. The Morgan fingerprint density at radius 2 is 2.11 bits per heavy atom. The van der Waals surface area contributed by atoms with Crippen molar-refractivity contribution in [1.82, 2.24) is 5.32 Å². The van der Waals surface area contributed by atoms with Gasteiger partial charge in [-0.05, 0) is 37.0 Å². The van der Waals surface area contributed by atoms with Crippen molar-refractivity contribution < 1.29 is 19.8 Å². The van der Waals surface area contributed by atoms with Crippen molar-refractivity contribution in [2.45, 2.75) is 25.3 Å². The van der Waals surface area contributed by atoms with Crippen LogP contribution < -0.4 is 5.32 Å². The smallest absolute Gasteiger partial charge is 0.305 e. The molecule has 2 rings (SSSR count). The summed E-state index contributed by atoms with van der Waals surface area (Å²) in [6.45, 7) is 0. The molecule has 0 aliphatic heterocycles. The summed E-state index contributed by atoms with van der Waals surface area (Å²) in [5.41, 5.74) is 0.304. The predicted molar refractivity (Wildman–Crippen MR) is 69.3 cm³/mol. The summed E-state index contributed by atoms with van der Waals surface area (Å²) in [5.74, 6) is -1.16. The van der Waals surface area contributed by atoms with Crippen molar-refractivity contribution in [1.29, 1.82) is 0 Å². The van der Waals surface area contributed by atoms with E-state index in [0.717, 1.165) is 12.8 Å². The number of phenols is 1. The summed E-state index contributed by atoms with van der Waals surface area (Å²) >= 11 is 5.73. The number of carbonyl (C=O) groups is 2. The number of halogens is 1. The van der Waals surface area contributed by atoms with E-state index >= 15 is 0 Å². The van der Waals surface area contributed by atoms with Crippen molar-refractivity contribution >= 4 is 23.5 Å². The molecule has 1 fully saturated rings. The lowest BCUT2D eigenvalue weighted by atomic mass is 10.1. The van der Waals surface area contributed by atoms with Crippen LogP contribution in [0, 0.1) is 5.92 Å². The standard InChI is InChI=1S/C13H14ClNO4/c14-9-5-8(3-4-11(9)16)13(19)15-10(6-12(17)18)7-1-2-7/h3-5,7,10,16H,1-2,6H2,(H,15,19)(H,17,18). The molecule has 0 aromatic heterocycles. The summed E-state index contributed by atoms with van der Waals surface area (Å²) in [7, 11) is 0. The van der Waals surface area contributed by atoms with Crippen molar-refractivity contribution in [3.8, 4) is 5.75 Å². The fraction of sp³-hybridized carbons (Fsp3) is 0.385. The number of hydrogen-bond acceptors (Lipinski definition) is 3. The molecule has 0 saturated heterocycles. The molecule has 0 bridgehead atoms. The molecule has 6 heteroatoms. The van der Waals surface area contributed by atoms with Gasteiger partial charge in [0.15, 0.2) is 0 Å². The van der Waals surface area contributed by atoms with Crippen LogP contribution in [0.25, 0.3) is 0 Å². The van der Waals surface area contributed by atoms with Crippen molar-refractivity contribution in [3.05, 3.63) is 28.8 Å². The van der Waals surface area contributed by atoms with Crippen molar-refractivity contribution in [2.24, 2.45) is 5.92 Å². The molecule has 1 amide bonds. The Labute approximate surface area is 115 Å². The number of nitrogens with one attached hydrogen (secondary N) is 1. The van der Waals surface area contributed by atoms with E-state index in [0.29, 0.717) is 5.56 Å². The number of amides is 1. The minimum Gasteiger partial charge on any atom is -0.506 e. The first-order valence-corrected chi connectivity index (χ1v) is 6.36. The van der Waals surface area contributed by atoms with E-state index < -0.39 is 5.97 Å². The Bertz CT molecular complexity index is 513. The van der Waals surface area contributed by atoms with Gasteiger partial charge in [0.1, 0.15) is 5.75 Å². The average Bonchev–Trinajstić information content (AvgIpc) is 3.15. The molecular formula is C13H14ClNO4. The Morgan fingerprint density at radius 1 is 1.42 bits per heavy atom. The number of aliphatic carboxylic acids is 1. The van der Waals surface area contributed by atoms with E-state index in [-0.39, 0.29) is 35.1 Å². The van der Waals surface area contributed by atoms with Gasteiger partial charge in [0, 0.05) is 11.6 Å². The molecular weight excluding hydrogens is 270 g/mol. The number of carbonyl (C=O) groups excluding carboxylic acids is 1. The molecule has 0 radical (unpaired) electrons. The van der Waals surface area contributed by atoms with Gasteiger partial charge in [-0.3, -0.25) is 9.59 Å². The molecule has 1 aliphatic carbocycles. The van der Waals surface area contributed by atoms with E-state index in [2.05, 4.69) is 5.32 Å². The van der Waals surface area contributed by atoms with Crippen LogP contribution in [0.4, 0.5) is 0 Å². The highest BCUT2D eigenvalue weighted by atomic mass is 35.5. The first-order valence-electron chi connectivity index (χ1n) is 5.98.